The molecule has 0 radical (unpaired) electrons. The standard InChI is InChI=1S/C25H22O/c1-3-11-19(12-4-1)23-21-15-7-8-16-22(21)25(17-9-10-18-25)26-24(23)20-13-5-2-6-14-20/h1-8,11-16H,9-10,17-18H2. The maximum absolute atomic E-state index is 6.89. The molecule has 1 fully saturated rings. The Labute approximate surface area is 155 Å². The summed E-state index contributed by atoms with van der Waals surface area (Å²) in [7, 11) is 0. The van der Waals surface area contributed by atoms with E-state index in [2.05, 4.69) is 84.9 Å². The molecular weight excluding hydrogens is 316 g/mol. The first-order chi connectivity index (χ1) is 12.9. The summed E-state index contributed by atoms with van der Waals surface area (Å²) in [5.41, 5.74) is 6.10. The summed E-state index contributed by atoms with van der Waals surface area (Å²) in [4.78, 5) is 0. The first-order valence-corrected chi connectivity index (χ1v) is 9.51. The van der Waals surface area contributed by atoms with Gasteiger partial charge in [-0.2, -0.15) is 0 Å². The summed E-state index contributed by atoms with van der Waals surface area (Å²) >= 11 is 0. The summed E-state index contributed by atoms with van der Waals surface area (Å²) in [6.07, 6.45) is 4.67. The molecule has 0 amide bonds. The fraction of sp³-hybridized carbons (Fsp3) is 0.200. The summed E-state index contributed by atoms with van der Waals surface area (Å²) < 4.78 is 6.89. The average molecular weight is 338 g/mol. The molecule has 0 aromatic heterocycles. The van der Waals surface area contributed by atoms with Gasteiger partial charge in [0.25, 0.3) is 0 Å². The minimum atomic E-state index is -0.167. The van der Waals surface area contributed by atoms with Crippen LogP contribution in [0.4, 0.5) is 0 Å². The number of hydrogen-bond acceptors (Lipinski definition) is 1. The Kier molecular flexibility index (Phi) is 3.67. The molecular formula is C25H22O. The van der Waals surface area contributed by atoms with E-state index in [0.29, 0.717) is 0 Å². The van der Waals surface area contributed by atoms with Crippen LogP contribution in [0.2, 0.25) is 0 Å². The molecule has 128 valence electrons. The van der Waals surface area contributed by atoms with E-state index in [1.165, 1.54) is 35.1 Å². The molecule has 1 nitrogen and oxygen atoms in total. The van der Waals surface area contributed by atoms with Crippen LogP contribution < -0.4 is 0 Å². The van der Waals surface area contributed by atoms with Crippen LogP contribution in [0.1, 0.15) is 47.9 Å². The Balaban J connectivity index is 1.82. The first kappa shape index (κ1) is 15.5. The van der Waals surface area contributed by atoms with Crippen molar-refractivity contribution in [3.63, 3.8) is 0 Å². The quantitative estimate of drug-likeness (QED) is 0.525. The van der Waals surface area contributed by atoms with Gasteiger partial charge in [-0.1, -0.05) is 84.9 Å². The number of fused-ring (bicyclic) bond motifs is 2. The van der Waals surface area contributed by atoms with Crippen molar-refractivity contribution in [1.29, 1.82) is 0 Å². The highest BCUT2D eigenvalue weighted by Gasteiger charge is 2.44. The van der Waals surface area contributed by atoms with Crippen LogP contribution in [0.3, 0.4) is 0 Å². The van der Waals surface area contributed by atoms with Gasteiger partial charge >= 0.3 is 0 Å². The lowest BCUT2D eigenvalue weighted by Gasteiger charge is -2.39. The first-order valence-electron chi connectivity index (χ1n) is 9.51. The summed E-state index contributed by atoms with van der Waals surface area (Å²) in [6, 6.07) is 30.1. The van der Waals surface area contributed by atoms with E-state index in [0.717, 1.165) is 24.2 Å². The summed E-state index contributed by atoms with van der Waals surface area (Å²) in [5, 5.41) is 0. The maximum atomic E-state index is 6.89. The van der Waals surface area contributed by atoms with Gasteiger partial charge in [-0.15, -0.1) is 0 Å². The predicted octanol–water partition coefficient (Wildman–Crippen LogP) is 6.40. The van der Waals surface area contributed by atoms with Crippen molar-refractivity contribution in [1.82, 2.24) is 0 Å². The third-order valence-corrected chi connectivity index (χ3v) is 5.72. The molecule has 0 atom stereocenters. The van der Waals surface area contributed by atoms with Crippen LogP contribution in [-0.4, -0.2) is 0 Å². The van der Waals surface area contributed by atoms with Crippen molar-refractivity contribution in [3.05, 3.63) is 107 Å². The highest BCUT2D eigenvalue weighted by atomic mass is 16.5. The number of ether oxygens (including phenoxy) is 1. The second kappa shape index (κ2) is 6.17. The minimum absolute atomic E-state index is 0.167. The minimum Gasteiger partial charge on any atom is -0.481 e. The fourth-order valence-electron chi connectivity index (χ4n) is 4.52. The normalized spacial score (nSPS) is 17.8. The number of benzene rings is 3. The van der Waals surface area contributed by atoms with Gasteiger partial charge in [0.2, 0.25) is 0 Å². The van der Waals surface area contributed by atoms with E-state index in [4.69, 9.17) is 4.74 Å². The van der Waals surface area contributed by atoms with E-state index in [9.17, 15) is 0 Å². The topological polar surface area (TPSA) is 9.23 Å². The Morgan fingerprint density at radius 3 is 1.88 bits per heavy atom. The molecule has 1 aliphatic carbocycles. The highest BCUT2D eigenvalue weighted by molar-refractivity contribution is 5.98. The van der Waals surface area contributed by atoms with E-state index in [1.807, 2.05) is 0 Å². The monoisotopic (exact) mass is 338 g/mol. The van der Waals surface area contributed by atoms with E-state index >= 15 is 0 Å². The smallest absolute Gasteiger partial charge is 0.136 e. The van der Waals surface area contributed by atoms with Gasteiger partial charge in [0.15, 0.2) is 0 Å². The van der Waals surface area contributed by atoms with Gasteiger partial charge in [0, 0.05) is 16.7 Å². The van der Waals surface area contributed by atoms with Crippen LogP contribution in [0.25, 0.3) is 11.3 Å². The second-order valence-electron chi connectivity index (χ2n) is 7.29. The van der Waals surface area contributed by atoms with Crippen LogP contribution in [0, 0.1) is 0 Å². The Morgan fingerprint density at radius 2 is 1.19 bits per heavy atom. The van der Waals surface area contributed by atoms with Crippen LogP contribution >= 0.6 is 0 Å². The molecule has 1 heterocycles. The van der Waals surface area contributed by atoms with Gasteiger partial charge in [0.1, 0.15) is 11.4 Å². The lowest BCUT2D eigenvalue weighted by Crippen LogP contribution is -2.30. The van der Waals surface area contributed by atoms with E-state index in [1.54, 1.807) is 0 Å². The summed E-state index contributed by atoms with van der Waals surface area (Å²) in [6.45, 7) is 0. The molecule has 26 heavy (non-hydrogen) atoms. The van der Waals surface area contributed by atoms with Gasteiger partial charge in [-0.05, 0) is 36.8 Å². The number of rotatable bonds is 2. The molecule has 5 rings (SSSR count). The Morgan fingerprint density at radius 1 is 0.615 bits per heavy atom. The lowest BCUT2D eigenvalue weighted by atomic mass is 9.80. The average Bonchev–Trinajstić information content (AvgIpc) is 3.18. The van der Waals surface area contributed by atoms with Crippen molar-refractivity contribution in [2.24, 2.45) is 0 Å². The maximum Gasteiger partial charge on any atom is 0.136 e. The molecule has 1 aliphatic heterocycles. The molecule has 0 saturated heterocycles. The zero-order valence-corrected chi connectivity index (χ0v) is 14.8. The van der Waals surface area contributed by atoms with Gasteiger partial charge in [-0.25, -0.2) is 0 Å². The zero-order valence-electron chi connectivity index (χ0n) is 14.8. The van der Waals surface area contributed by atoms with Crippen molar-refractivity contribution in [3.8, 4) is 0 Å². The van der Waals surface area contributed by atoms with Gasteiger partial charge in [0.05, 0.1) is 0 Å². The van der Waals surface area contributed by atoms with Crippen LogP contribution in [0.15, 0.2) is 84.9 Å². The second-order valence-corrected chi connectivity index (χ2v) is 7.29. The largest absolute Gasteiger partial charge is 0.481 e. The predicted molar refractivity (Wildman–Crippen MR) is 106 cm³/mol. The molecule has 1 heteroatoms. The van der Waals surface area contributed by atoms with Gasteiger partial charge in [-0.3, -0.25) is 0 Å². The third kappa shape index (κ3) is 2.39. The fourth-order valence-corrected chi connectivity index (χ4v) is 4.52. The molecule has 1 spiro atoms. The van der Waals surface area contributed by atoms with Crippen molar-refractivity contribution >= 4 is 11.3 Å². The van der Waals surface area contributed by atoms with E-state index < -0.39 is 0 Å². The molecule has 0 unspecified atom stereocenters. The Bertz CT molecular complexity index is 948. The highest BCUT2D eigenvalue weighted by Crippen LogP contribution is 2.53. The van der Waals surface area contributed by atoms with E-state index in [-0.39, 0.29) is 5.60 Å². The molecule has 3 aromatic rings. The van der Waals surface area contributed by atoms with Crippen molar-refractivity contribution in [2.75, 3.05) is 0 Å². The SMILES string of the molecule is c1ccc(C2=C(c3ccccc3)c3ccccc3C3(CCCC3)O2)cc1. The van der Waals surface area contributed by atoms with Crippen LogP contribution in [-0.2, 0) is 10.3 Å². The molecule has 1 saturated carbocycles. The Hall–Kier alpha value is -2.80. The summed E-state index contributed by atoms with van der Waals surface area (Å²) in [5.74, 6) is 1.03. The third-order valence-electron chi connectivity index (χ3n) is 5.72. The molecule has 0 N–H and O–H groups in total. The van der Waals surface area contributed by atoms with Crippen LogP contribution in [0.5, 0.6) is 0 Å². The van der Waals surface area contributed by atoms with Gasteiger partial charge < -0.3 is 4.74 Å². The van der Waals surface area contributed by atoms with Crippen molar-refractivity contribution < 1.29 is 4.74 Å². The van der Waals surface area contributed by atoms with Crippen molar-refractivity contribution in [2.45, 2.75) is 31.3 Å². The zero-order chi connectivity index (χ0) is 17.4. The lowest BCUT2D eigenvalue weighted by molar-refractivity contribution is 0.0399. The molecule has 0 bridgehead atoms. The molecule has 3 aromatic carbocycles. The molecule has 2 aliphatic rings. The number of hydrogen-bond donors (Lipinski definition) is 0.